The van der Waals surface area contributed by atoms with Crippen LogP contribution in [0.3, 0.4) is 0 Å². The van der Waals surface area contributed by atoms with E-state index in [0.29, 0.717) is 5.56 Å². The molecule has 2 aromatic heterocycles. The summed E-state index contributed by atoms with van der Waals surface area (Å²) in [6.07, 6.45) is 3.26. The monoisotopic (exact) mass is 347 g/mol. The minimum absolute atomic E-state index is 0.0599. The summed E-state index contributed by atoms with van der Waals surface area (Å²) in [4.78, 5) is 12.0. The molecule has 0 radical (unpaired) electrons. The molecule has 0 unspecified atom stereocenters. The Balaban J connectivity index is 1.67. The molecule has 0 aliphatic carbocycles. The van der Waals surface area contributed by atoms with E-state index < -0.39 is 0 Å². The fourth-order valence-corrected chi connectivity index (χ4v) is 2.43. The van der Waals surface area contributed by atoms with Gasteiger partial charge < -0.3 is 5.32 Å². The normalized spacial score (nSPS) is 10.8. The van der Waals surface area contributed by atoms with Gasteiger partial charge in [0.05, 0.1) is 12.2 Å². The highest BCUT2D eigenvalue weighted by molar-refractivity contribution is 6.33. The van der Waals surface area contributed by atoms with Crippen LogP contribution in [-0.4, -0.2) is 25.5 Å². The fraction of sp³-hybridized carbons (Fsp3) is 0.188. The van der Waals surface area contributed by atoms with E-state index >= 15 is 0 Å². The smallest absolute Gasteiger partial charge is 0.247 e. The van der Waals surface area contributed by atoms with Gasteiger partial charge in [0.15, 0.2) is 5.82 Å². The average molecular weight is 348 g/mol. The molecule has 0 fully saturated rings. The number of aryl methyl sites for hydroxylation is 1. The molecule has 3 aromatic rings. The van der Waals surface area contributed by atoms with E-state index in [4.69, 9.17) is 11.6 Å². The SMILES string of the molecule is Cc1ccn(CC(=O)Nc2nn(Cc3ccccc3F)cc2Cl)n1. The van der Waals surface area contributed by atoms with Crippen molar-refractivity contribution in [2.75, 3.05) is 5.32 Å². The summed E-state index contributed by atoms with van der Waals surface area (Å²) in [5, 5.41) is 11.3. The van der Waals surface area contributed by atoms with Crippen LogP contribution in [0.1, 0.15) is 11.3 Å². The highest BCUT2D eigenvalue weighted by Gasteiger charge is 2.12. The number of amides is 1. The lowest BCUT2D eigenvalue weighted by molar-refractivity contribution is -0.116. The first kappa shape index (κ1) is 16.2. The molecule has 3 rings (SSSR count). The van der Waals surface area contributed by atoms with E-state index in [9.17, 15) is 9.18 Å². The number of rotatable bonds is 5. The summed E-state index contributed by atoms with van der Waals surface area (Å²) < 4.78 is 16.7. The Labute approximate surface area is 142 Å². The topological polar surface area (TPSA) is 64.7 Å². The predicted octanol–water partition coefficient (Wildman–Crippen LogP) is 2.87. The van der Waals surface area contributed by atoms with Gasteiger partial charge in [-0.2, -0.15) is 10.2 Å². The molecule has 6 nitrogen and oxygen atoms in total. The van der Waals surface area contributed by atoms with Gasteiger partial charge in [-0.15, -0.1) is 0 Å². The van der Waals surface area contributed by atoms with Gasteiger partial charge in [0.1, 0.15) is 17.4 Å². The van der Waals surface area contributed by atoms with Crippen LogP contribution in [-0.2, 0) is 17.9 Å². The Hall–Kier alpha value is -2.67. The molecular formula is C16H15ClFN5O. The molecule has 0 aliphatic heterocycles. The van der Waals surface area contributed by atoms with Crippen LogP contribution in [0.25, 0.3) is 0 Å². The number of aromatic nitrogens is 4. The van der Waals surface area contributed by atoms with Crippen molar-refractivity contribution in [3.63, 3.8) is 0 Å². The number of anilines is 1. The highest BCUT2D eigenvalue weighted by Crippen LogP contribution is 2.20. The van der Waals surface area contributed by atoms with Gasteiger partial charge in [0, 0.05) is 18.0 Å². The maximum atomic E-state index is 13.7. The van der Waals surface area contributed by atoms with Gasteiger partial charge >= 0.3 is 0 Å². The van der Waals surface area contributed by atoms with Crippen LogP contribution in [0.4, 0.5) is 10.2 Å². The first-order chi connectivity index (χ1) is 11.5. The number of nitrogens with one attached hydrogen (secondary N) is 1. The standard InChI is InChI=1S/C16H15ClFN5O/c1-11-6-7-22(20-11)10-15(24)19-16-13(17)9-23(21-16)8-12-4-2-3-5-14(12)18/h2-7,9H,8,10H2,1H3,(H,19,21,24). The number of halogens is 2. The zero-order chi connectivity index (χ0) is 17.1. The summed E-state index contributed by atoms with van der Waals surface area (Å²) in [5.41, 5.74) is 1.32. The molecule has 0 aliphatic rings. The van der Waals surface area contributed by atoms with E-state index in [1.54, 1.807) is 30.6 Å². The third-order valence-corrected chi connectivity index (χ3v) is 3.62. The van der Waals surface area contributed by atoms with E-state index in [1.165, 1.54) is 15.4 Å². The number of carbonyl (C=O) groups excluding carboxylic acids is 1. The van der Waals surface area contributed by atoms with Gasteiger partial charge in [-0.3, -0.25) is 14.2 Å². The molecule has 124 valence electrons. The van der Waals surface area contributed by atoms with Crippen LogP contribution < -0.4 is 5.32 Å². The zero-order valence-corrected chi connectivity index (χ0v) is 13.7. The number of benzene rings is 1. The molecular weight excluding hydrogens is 333 g/mol. The van der Waals surface area contributed by atoms with Gasteiger partial charge in [-0.05, 0) is 19.1 Å². The molecule has 1 amide bonds. The Morgan fingerprint density at radius 2 is 2.04 bits per heavy atom. The minimum Gasteiger partial charge on any atom is -0.306 e. The molecule has 24 heavy (non-hydrogen) atoms. The summed E-state index contributed by atoms with van der Waals surface area (Å²) in [6.45, 7) is 2.13. The predicted molar refractivity (Wildman–Crippen MR) is 88.3 cm³/mol. The Bertz CT molecular complexity index is 873. The van der Waals surface area contributed by atoms with Gasteiger partial charge in [-0.1, -0.05) is 29.8 Å². The van der Waals surface area contributed by atoms with Crippen molar-refractivity contribution in [2.45, 2.75) is 20.0 Å². The van der Waals surface area contributed by atoms with Crippen LogP contribution >= 0.6 is 11.6 Å². The van der Waals surface area contributed by atoms with Crippen molar-refractivity contribution in [2.24, 2.45) is 0 Å². The lowest BCUT2D eigenvalue weighted by atomic mass is 10.2. The first-order valence-corrected chi connectivity index (χ1v) is 7.65. The summed E-state index contributed by atoms with van der Waals surface area (Å²) >= 11 is 6.09. The molecule has 0 spiro atoms. The third kappa shape index (κ3) is 3.80. The van der Waals surface area contributed by atoms with Crippen LogP contribution in [0.5, 0.6) is 0 Å². The van der Waals surface area contributed by atoms with E-state index in [0.717, 1.165) is 5.69 Å². The van der Waals surface area contributed by atoms with Crippen molar-refractivity contribution < 1.29 is 9.18 Å². The molecule has 0 saturated carbocycles. The quantitative estimate of drug-likeness (QED) is 0.771. The Kier molecular flexibility index (Phi) is 4.61. The molecule has 0 saturated heterocycles. The highest BCUT2D eigenvalue weighted by atomic mass is 35.5. The van der Waals surface area contributed by atoms with E-state index in [1.807, 2.05) is 13.0 Å². The Morgan fingerprint density at radius 3 is 2.75 bits per heavy atom. The zero-order valence-electron chi connectivity index (χ0n) is 12.9. The number of hydrogen-bond donors (Lipinski definition) is 1. The second-order valence-corrected chi connectivity index (χ2v) is 5.72. The van der Waals surface area contributed by atoms with Gasteiger partial charge in [0.2, 0.25) is 5.91 Å². The maximum absolute atomic E-state index is 13.7. The molecule has 1 aromatic carbocycles. The van der Waals surface area contributed by atoms with Gasteiger partial charge in [0.25, 0.3) is 0 Å². The lowest BCUT2D eigenvalue weighted by Gasteiger charge is -2.04. The van der Waals surface area contributed by atoms with Crippen LogP contribution in [0.15, 0.2) is 42.7 Å². The number of nitrogens with zero attached hydrogens (tertiary/aromatic N) is 4. The molecule has 0 bridgehead atoms. The first-order valence-electron chi connectivity index (χ1n) is 7.27. The van der Waals surface area contributed by atoms with Crippen LogP contribution in [0.2, 0.25) is 5.02 Å². The molecule has 8 heteroatoms. The van der Waals surface area contributed by atoms with Gasteiger partial charge in [-0.25, -0.2) is 4.39 Å². The summed E-state index contributed by atoms with van der Waals surface area (Å²) in [7, 11) is 0. The van der Waals surface area contributed by atoms with Crippen molar-refractivity contribution in [3.8, 4) is 0 Å². The maximum Gasteiger partial charge on any atom is 0.247 e. The lowest BCUT2D eigenvalue weighted by Crippen LogP contribution is -2.19. The van der Waals surface area contributed by atoms with Crippen molar-refractivity contribution in [1.82, 2.24) is 19.6 Å². The minimum atomic E-state index is -0.316. The fourth-order valence-electron chi connectivity index (χ4n) is 2.23. The van der Waals surface area contributed by atoms with Crippen molar-refractivity contribution in [3.05, 3.63) is 64.8 Å². The third-order valence-electron chi connectivity index (χ3n) is 3.34. The number of carbonyl (C=O) groups is 1. The van der Waals surface area contributed by atoms with Crippen LogP contribution in [0, 0.1) is 12.7 Å². The summed E-state index contributed by atoms with van der Waals surface area (Å²) in [5.74, 6) is -0.373. The largest absolute Gasteiger partial charge is 0.306 e. The number of hydrogen-bond acceptors (Lipinski definition) is 3. The molecule has 1 N–H and O–H groups in total. The van der Waals surface area contributed by atoms with Crippen molar-refractivity contribution >= 4 is 23.3 Å². The molecule has 0 atom stereocenters. The summed E-state index contributed by atoms with van der Waals surface area (Å²) in [6, 6.07) is 8.23. The second-order valence-electron chi connectivity index (χ2n) is 5.32. The van der Waals surface area contributed by atoms with E-state index in [2.05, 4.69) is 15.5 Å². The second kappa shape index (κ2) is 6.84. The molecule has 2 heterocycles. The average Bonchev–Trinajstić information content (AvgIpc) is 3.08. The van der Waals surface area contributed by atoms with Crippen molar-refractivity contribution in [1.29, 1.82) is 0 Å². The Morgan fingerprint density at radius 1 is 1.25 bits per heavy atom. The van der Waals surface area contributed by atoms with E-state index in [-0.39, 0.29) is 35.7 Å².